The van der Waals surface area contributed by atoms with Crippen molar-refractivity contribution in [3.05, 3.63) is 35.9 Å². The van der Waals surface area contributed by atoms with Gasteiger partial charge in [-0.05, 0) is 30.7 Å². The minimum absolute atomic E-state index is 0.0682. The topological polar surface area (TPSA) is 75.6 Å². The Morgan fingerprint density at radius 3 is 2.41 bits per heavy atom. The number of aliphatic hydroxyl groups excluding tert-OH is 1. The van der Waals surface area contributed by atoms with Crippen molar-refractivity contribution in [2.45, 2.75) is 91.3 Å². The molecule has 0 aliphatic carbocycles. The molecule has 0 spiro atoms. The van der Waals surface area contributed by atoms with Crippen LogP contribution in [0.4, 0.5) is 0 Å². The number of benzene rings is 1. The van der Waals surface area contributed by atoms with E-state index < -0.39 is 0 Å². The van der Waals surface area contributed by atoms with Crippen molar-refractivity contribution in [1.82, 2.24) is 5.32 Å². The number of carbonyl (C=O) groups is 2. The van der Waals surface area contributed by atoms with Gasteiger partial charge in [-0.2, -0.15) is 0 Å². The van der Waals surface area contributed by atoms with Gasteiger partial charge in [-0.25, -0.2) is 0 Å². The number of Topliss-reactive ketones (excluding diaryl/α,β-unsaturated/α-hetero) is 1. The van der Waals surface area contributed by atoms with E-state index in [1.54, 1.807) is 0 Å². The summed E-state index contributed by atoms with van der Waals surface area (Å²) in [5.41, 5.74) is 0.895. The first kappa shape index (κ1) is 25.3. The molecule has 1 saturated heterocycles. The second-order valence-corrected chi connectivity index (χ2v) is 8.52. The summed E-state index contributed by atoms with van der Waals surface area (Å²) in [6.45, 7) is 10.1. The van der Waals surface area contributed by atoms with Gasteiger partial charge in [0.05, 0.1) is 6.61 Å². The molecule has 1 heterocycles. The molecule has 0 saturated carbocycles. The molecule has 5 nitrogen and oxygen atoms in total. The van der Waals surface area contributed by atoms with Crippen molar-refractivity contribution in [3.63, 3.8) is 0 Å². The first-order chi connectivity index (χ1) is 13.7. The van der Waals surface area contributed by atoms with Crippen LogP contribution in [0.2, 0.25) is 0 Å². The van der Waals surface area contributed by atoms with Gasteiger partial charge in [-0.15, -0.1) is 0 Å². The summed E-state index contributed by atoms with van der Waals surface area (Å²) in [6.07, 6.45) is 5.27. The number of hydrogen-bond acceptors (Lipinski definition) is 5. The standard InChI is InChI=1S/C16H23NO3.C8H16O/c1-11(12-7-5-4-6-8-12)17-14-15(19)20-13(10-18)9-16(14,2)3;1-3-5-6-7-8(9)4-2/h4-8,11,13-14,17-18H,9-10H2,1-3H3;3-7H2,1-2H3/t11?,13-,14+;/m1./s1. The van der Waals surface area contributed by atoms with Gasteiger partial charge in [-0.1, -0.05) is 70.9 Å². The molecule has 1 fully saturated rings. The maximum atomic E-state index is 12.2. The van der Waals surface area contributed by atoms with Crippen LogP contribution in [0.25, 0.3) is 0 Å². The molecule has 1 unspecified atom stereocenters. The van der Waals surface area contributed by atoms with Gasteiger partial charge < -0.3 is 9.84 Å². The number of unbranched alkanes of at least 4 members (excludes halogenated alkanes) is 2. The number of nitrogens with one attached hydrogen (secondary N) is 1. The normalized spacial score (nSPS) is 21.5. The average molecular weight is 406 g/mol. The van der Waals surface area contributed by atoms with Crippen LogP contribution in [0, 0.1) is 5.41 Å². The number of carbonyl (C=O) groups excluding carboxylic acids is 2. The highest BCUT2D eigenvalue weighted by molar-refractivity contribution is 5.78. The molecule has 1 aromatic rings. The van der Waals surface area contributed by atoms with Crippen LogP contribution in [0.15, 0.2) is 30.3 Å². The van der Waals surface area contributed by atoms with E-state index in [1.165, 1.54) is 12.8 Å². The fraction of sp³-hybridized carbons (Fsp3) is 0.667. The Morgan fingerprint density at radius 1 is 1.24 bits per heavy atom. The molecule has 3 atom stereocenters. The van der Waals surface area contributed by atoms with Crippen LogP contribution in [-0.4, -0.2) is 35.6 Å². The van der Waals surface area contributed by atoms with Crippen molar-refractivity contribution in [1.29, 1.82) is 0 Å². The predicted molar refractivity (Wildman–Crippen MR) is 117 cm³/mol. The summed E-state index contributed by atoms with van der Waals surface area (Å²) in [5.74, 6) is 0.131. The monoisotopic (exact) mass is 405 g/mol. The van der Waals surface area contributed by atoms with E-state index in [2.05, 4.69) is 12.2 Å². The van der Waals surface area contributed by atoms with Gasteiger partial charge in [0.1, 0.15) is 17.9 Å². The van der Waals surface area contributed by atoms with Crippen molar-refractivity contribution in [3.8, 4) is 0 Å². The van der Waals surface area contributed by atoms with E-state index in [0.717, 1.165) is 18.4 Å². The quantitative estimate of drug-likeness (QED) is 0.464. The highest BCUT2D eigenvalue weighted by Gasteiger charge is 2.44. The molecule has 29 heavy (non-hydrogen) atoms. The Bertz CT molecular complexity index is 615. The summed E-state index contributed by atoms with van der Waals surface area (Å²) in [6, 6.07) is 9.73. The summed E-state index contributed by atoms with van der Waals surface area (Å²) >= 11 is 0. The third-order valence-corrected chi connectivity index (χ3v) is 5.43. The van der Waals surface area contributed by atoms with Gasteiger partial charge in [0.25, 0.3) is 0 Å². The van der Waals surface area contributed by atoms with Crippen molar-refractivity contribution < 1.29 is 19.4 Å². The van der Waals surface area contributed by atoms with Gasteiger partial charge in [0, 0.05) is 18.9 Å². The first-order valence-electron chi connectivity index (χ1n) is 10.9. The molecule has 0 bridgehead atoms. The number of aliphatic hydroxyl groups is 1. The molecular weight excluding hydrogens is 366 g/mol. The van der Waals surface area contributed by atoms with Crippen LogP contribution in [0.3, 0.4) is 0 Å². The summed E-state index contributed by atoms with van der Waals surface area (Å²) in [5, 5.41) is 12.6. The fourth-order valence-electron chi connectivity index (χ4n) is 3.53. The zero-order valence-corrected chi connectivity index (χ0v) is 18.7. The number of esters is 1. The zero-order chi connectivity index (χ0) is 21.9. The Morgan fingerprint density at radius 2 is 1.90 bits per heavy atom. The Balaban J connectivity index is 0.000000396. The van der Waals surface area contributed by atoms with E-state index in [0.29, 0.717) is 18.6 Å². The lowest BCUT2D eigenvalue weighted by Gasteiger charge is -2.41. The second kappa shape index (κ2) is 12.8. The third kappa shape index (κ3) is 8.67. The van der Waals surface area contributed by atoms with Crippen LogP contribution in [0.1, 0.15) is 84.7 Å². The maximum absolute atomic E-state index is 12.2. The molecule has 1 aromatic carbocycles. The van der Waals surface area contributed by atoms with E-state index in [1.807, 2.05) is 58.0 Å². The summed E-state index contributed by atoms with van der Waals surface area (Å²) in [4.78, 5) is 22.8. The zero-order valence-electron chi connectivity index (χ0n) is 18.7. The molecule has 164 valence electrons. The van der Waals surface area contributed by atoms with Crippen LogP contribution < -0.4 is 5.32 Å². The minimum atomic E-state index is -0.386. The molecule has 0 aromatic heterocycles. The Hall–Kier alpha value is -1.72. The molecule has 2 rings (SSSR count). The lowest BCUT2D eigenvalue weighted by Crippen LogP contribution is -2.55. The van der Waals surface area contributed by atoms with Crippen LogP contribution in [-0.2, 0) is 14.3 Å². The Labute approximate surface area is 176 Å². The van der Waals surface area contributed by atoms with E-state index in [4.69, 9.17) is 4.74 Å². The number of ether oxygens (including phenoxy) is 1. The highest BCUT2D eigenvalue weighted by Crippen LogP contribution is 2.34. The SMILES string of the molecule is CC(N[C@H]1C(=O)O[C@@H](CO)CC1(C)C)c1ccccc1.CCCCCC(=O)CC. The van der Waals surface area contributed by atoms with Crippen molar-refractivity contribution in [2.24, 2.45) is 5.41 Å². The molecule has 5 heteroatoms. The number of rotatable bonds is 9. The van der Waals surface area contributed by atoms with Gasteiger partial charge >= 0.3 is 5.97 Å². The molecule has 0 amide bonds. The highest BCUT2D eigenvalue weighted by atomic mass is 16.6. The first-order valence-corrected chi connectivity index (χ1v) is 10.9. The molecule has 2 N–H and O–H groups in total. The van der Waals surface area contributed by atoms with Crippen molar-refractivity contribution in [2.75, 3.05) is 6.61 Å². The summed E-state index contributed by atoms with van der Waals surface area (Å²) in [7, 11) is 0. The largest absolute Gasteiger partial charge is 0.459 e. The lowest BCUT2D eigenvalue weighted by molar-refractivity contribution is -0.169. The van der Waals surface area contributed by atoms with Gasteiger partial charge in [0.15, 0.2) is 0 Å². The number of ketones is 1. The van der Waals surface area contributed by atoms with Gasteiger partial charge in [0.2, 0.25) is 0 Å². The average Bonchev–Trinajstić information content (AvgIpc) is 2.71. The van der Waals surface area contributed by atoms with E-state index in [-0.39, 0.29) is 36.2 Å². The number of hydrogen-bond donors (Lipinski definition) is 2. The van der Waals surface area contributed by atoms with Crippen LogP contribution in [0.5, 0.6) is 0 Å². The molecule has 1 aliphatic rings. The van der Waals surface area contributed by atoms with Crippen molar-refractivity contribution >= 4 is 11.8 Å². The fourth-order valence-corrected chi connectivity index (χ4v) is 3.53. The summed E-state index contributed by atoms with van der Waals surface area (Å²) < 4.78 is 5.27. The van der Waals surface area contributed by atoms with E-state index >= 15 is 0 Å². The smallest absolute Gasteiger partial charge is 0.324 e. The van der Waals surface area contributed by atoms with Crippen LogP contribution >= 0.6 is 0 Å². The molecule has 1 aliphatic heterocycles. The third-order valence-electron chi connectivity index (χ3n) is 5.43. The maximum Gasteiger partial charge on any atom is 0.324 e. The number of cyclic esters (lactones) is 1. The second-order valence-electron chi connectivity index (χ2n) is 8.52. The Kier molecular flexibility index (Phi) is 11.1. The minimum Gasteiger partial charge on any atom is -0.459 e. The predicted octanol–water partition coefficient (Wildman–Crippen LogP) is 4.59. The molecular formula is C24H39NO4. The molecule has 0 radical (unpaired) electrons. The van der Waals surface area contributed by atoms with E-state index in [9.17, 15) is 14.7 Å². The van der Waals surface area contributed by atoms with Gasteiger partial charge in [-0.3, -0.25) is 14.9 Å². The lowest BCUT2D eigenvalue weighted by atomic mass is 9.77.